The number of imidazole rings is 1. The average molecular weight is 610 g/mol. The van der Waals surface area contributed by atoms with E-state index in [1.165, 1.54) is 0 Å². The summed E-state index contributed by atoms with van der Waals surface area (Å²) in [7, 11) is 0. The van der Waals surface area contributed by atoms with Crippen molar-refractivity contribution in [1.82, 2.24) is 40.3 Å². The van der Waals surface area contributed by atoms with Crippen LogP contribution in [0.15, 0.2) is 106 Å². The molecule has 8 heterocycles. The number of anilines is 1. The van der Waals surface area contributed by atoms with Crippen molar-refractivity contribution >= 4 is 38.9 Å². The summed E-state index contributed by atoms with van der Waals surface area (Å²) in [5.74, 6) is 1.91. The Morgan fingerprint density at radius 3 is 2.47 bits per heavy atom. The first kappa shape index (κ1) is 26.2. The summed E-state index contributed by atoms with van der Waals surface area (Å²) in [6.07, 6.45) is 12.3. The first-order valence-corrected chi connectivity index (χ1v) is 15.7. The summed E-state index contributed by atoms with van der Waals surface area (Å²) in [6.45, 7) is 3.15. The zero-order valence-electron chi connectivity index (χ0n) is 22.9. The molecule has 1 saturated heterocycles. The van der Waals surface area contributed by atoms with Crippen LogP contribution in [0, 0.1) is 0 Å². The molecule has 216 valence electrons. The predicted octanol–water partition coefficient (Wildman–Crippen LogP) is 5.06. The van der Waals surface area contributed by atoms with Gasteiger partial charge < -0.3 is 19.1 Å². The minimum atomic E-state index is -1.13. The monoisotopic (exact) mass is 609 g/mol. The van der Waals surface area contributed by atoms with Crippen LogP contribution in [-0.4, -0.2) is 61.1 Å². The van der Waals surface area contributed by atoms with Crippen molar-refractivity contribution in [2.75, 3.05) is 31.1 Å². The molecule has 2 aliphatic heterocycles. The number of rotatable bonds is 7. The summed E-state index contributed by atoms with van der Waals surface area (Å²) < 4.78 is 12.6. The van der Waals surface area contributed by atoms with E-state index in [0.717, 1.165) is 59.0 Å². The third kappa shape index (κ3) is 4.19. The fourth-order valence-electron chi connectivity index (χ4n) is 6.16. The number of furan rings is 1. The number of oxazole rings is 1. The first-order chi connectivity index (χ1) is 21.4. The maximum absolute atomic E-state index is 6.46. The van der Waals surface area contributed by atoms with Gasteiger partial charge in [0.25, 0.3) is 0 Å². The number of hydrogen-bond acceptors (Lipinski definition) is 12. The number of hydrogen-bond donors (Lipinski definition) is 2. The van der Waals surface area contributed by atoms with Crippen LogP contribution in [0.3, 0.4) is 0 Å². The molecular formula is C30H27N9O2S2. The van der Waals surface area contributed by atoms with E-state index in [2.05, 4.69) is 48.8 Å². The molecule has 2 aliphatic rings. The highest BCUT2D eigenvalue weighted by atomic mass is 32.1. The molecule has 2 unspecified atom stereocenters. The zero-order chi connectivity index (χ0) is 28.6. The minimum Gasteiger partial charge on any atom is -0.465 e. The number of aromatic nitrogens is 5. The maximum atomic E-state index is 6.46. The Hall–Kier alpha value is -4.40. The number of nitrogens with zero attached hydrogens (tertiary/aromatic N) is 7. The standard InChI is InChI=1S/C30H27N9O2S2/c1-2-8-32-21(5-1)30(22-6-3-17-40-22)38(23-7-4-19-42-23)26(28-35-13-18-41-28)24(29-36-14-20-43-29)25(27-33-9-10-34-27)39(30)37-15-11-31-12-16-37/h1-10,13-14,17-20,25,31H,11-12,15-16H2,(H,33,34). The average Bonchev–Trinajstić information content (AvgIpc) is 3.90. The van der Waals surface area contributed by atoms with E-state index in [9.17, 15) is 0 Å². The Kier molecular flexibility index (Phi) is 6.73. The number of pyridine rings is 1. The lowest BCUT2D eigenvalue weighted by Gasteiger charge is -2.59. The molecule has 43 heavy (non-hydrogen) atoms. The van der Waals surface area contributed by atoms with Crippen molar-refractivity contribution in [2.24, 2.45) is 0 Å². The van der Waals surface area contributed by atoms with Crippen LogP contribution < -0.4 is 10.2 Å². The molecular weight excluding hydrogens is 583 g/mol. The van der Waals surface area contributed by atoms with Crippen molar-refractivity contribution in [1.29, 1.82) is 0 Å². The number of thiazole rings is 1. The molecule has 2 N–H and O–H groups in total. The van der Waals surface area contributed by atoms with Crippen LogP contribution in [0.4, 0.5) is 5.00 Å². The number of piperazine rings is 1. The second-order valence-electron chi connectivity index (χ2n) is 10.0. The Morgan fingerprint density at radius 1 is 0.837 bits per heavy atom. The number of hydrazine groups is 1. The lowest BCUT2D eigenvalue weighted by Crippen LogP contribution is -2.69. The molecule has 8 rings (SSSR count). The lowest BCUT2D eigenvalue weighted by atomic mass is 9.87. The van der Waals surface area contributed by atoms with Crippen molar-refractivity contribution < 1.29 is 8.83 Å². The Labute approximate surface area is 255 Å². The van der Waals surface area contributed by atoms with Crippen LogP contribution in [0.1, 0.15) is 34.2 Å². The highest BCUT2D eigenvalue weighted by Gasteiger charge is 2.62. The van der Waals surface area contributed by atoms with Gasteiger partial charge in [-0.1, -0.05) is 6.07 Å². The van der Waals surface area contributed by atoms with Gasteiger partial charge in [0, 0.05) is 61.9 Å². The molecule has 11 nitrogen and oxygen atoms in total. The Bertz CT molecular complexity index is 1770. The van der Waals surface area contributed by atoms with Crippen LogP contribution in [-0.2, 0) is 5.66 Å². The molecule has 1 fully saturated rings. The van der Waals surface area contributed by atoms with Gasteiger partial charge in [0.1, 0.15) is 28.8 Å². The molecule has 0 amide bonds. The predicted molar refractivity (Wildman–Crippen MR) is 164 cm³/mol. The fraction of sp³-hybridized carbons (Fsp3) is 0.200. The van der Waals surface area contributed by atoms with E-state index < -0.39 is 11.7 Å². The quantitative estimate of drug-likeness (QED) is 0.255. The molecule has 0 saturated carbocycles. The number of thiophene rings is 1. The molecule has 0 radical (unpaired) electrons. The third-order valence-corrected chi connectivity index (χ3v) is 9.40. The van der Waals surface area contributed by atoms with E-state index in [0.29, 0.717) is 11.7 Å². The van der Waals surface area contributed by atoms with Gasteiger partial charge in [0.2, 0.25) is 11.6 Å². The highest BCUT2D eigenvalue weighted by molar-refractivity contribution is 7.14. The van der Waals surface area contributed by atoms with Gasteiger partial charge in [-0.2, -0.15) is 5.01 Å². The second-order valence-corrected chi connectivity index (χ2v) is 11.8. The SMILES string of the molecule is c1ccc(C2(c3ccco3)N(c3cccs3)C(c3ncco3)=C(c3nccs3)C(c3ncc[nH]3)N2N2CCNCC2)nc1. The van der Waals surface area contributed by atoms with Crippen LogP contribution in [0.5, 0.6) is 0 Å². The summed E-state index contributed by atoms with van der Waals surface area (Å²) in [5.41, 5.74) is 1.32. The van der Waals surface area contributed by atoms with Crippen molar-refractivity contribution in [3.63, 3.8) is 0 Å². The number of aromatic amines is 1. The molecule has 6 aromatic heterocycles. The smallest absolute Gasteiger partial charge is 0.243 e. The summed E-state index contributed by atoms with van der Waals surface area (Å²) in [6, 6.07) is 13.7. The van der Waals surface area contributed by atoms with E-state index in [1.54, 1.807) is 47.6 Å². The van der Waals surface area contributed by atoms with Gasteiger partial charge in [0.05, 0.1) is 23.2 Å². The van der Waals surface area contributed by atoms with E-state index >= 15 is 0 Å². The lowest BCUT2D eigenvalue weighted by molar-refractivity contribution is -0.133. The Morgan fingerprint density at radius 2 is 1.79 bits per heavy atom. The topological polar surface area (TPSA) is 115 Å². The Balaban J connectivity index is 1.58. The normalized spacial score (nSPS) is 22.0. The van der Waals surface area contributed by atoms with Crippen LogP contribution in [0.25, 0.3) is 11.3 Å². The van der Waals surface area contributed by atoms with Gasteiger partial charge in [-0.3, -0.25) is 9.88 Å². The minimum absolute atomic E-state index is 0.454. The summed E-state index contributed by atoms with van der Waals surface area (Å²) in [5, 5.41) is 14.2. The largest absolute Gasteiger partial charge is 0.465 e. The molecule has 0 bridgehead atoms. The van der Waals surface area contributed by atoms with E-state index in [1.807, 2.05) is 48.2 Å². The van der Waals surface area contributed by atoms with E-state index in [-0.39, 0.29) is 0 Å². The molecule has 13 heteroatoms. The second kappa shape index (κ2) is 11.0. The van der Waals surface area contributed by atoms with Crippen molar-refractivity contribution in [3.8, 4) is 0 Å². The van der Waals surface area contributed by atoms with Crippen molar-refractivity contribution in [2.45, 2.75) is 11.7 Å². The fourth-order valence-corrected chi connectivity index (χ4v) is 7.65. The van der Waals surface area contributed by atoms with Gasteiger partial charge in [-0.05, 0) is 41.8 Å². The first-order valence-electron chi connectivity index (χ1n) is 13.9. The molecule has 0 spiro atoms. The van der Waals surface area contributed by atoms with Gasteiger partial charge in [-0.25, -0.2) is 20.0 Å². The van der Waals surface area contributed by atoms with Crippen LogP contribution >= 0.6 is 22.7 Å². The summed E-state index contributed by atoms with van der Waals surface area (Å²) in [4.78, 5) is 25.3. The maximum Gasteiger partial charge on any atom is 0.243 e. The number of nitrogens with one attached hydrogen (secondary N) is 2. The highest BCUT2D eigenvalue weighted by Crippen LogP contribution is 2.58. The van der Waals surface area contributed by atoms with Crippen molar-refractivity contribution in [3.05, 3.63) is 125 Å². The molecule has 0 aromatic carbocycles. The van der Waals surface area contributed by atoms with Gasteiger partial charge in [-0.15, -0.1) is 22.7 Å². The van der Waals surface area contributed by atoms with E-state index in [4.69, 9.17) is 28.8 Å². The summed E-state index contributed by atoms with van der Waals surface area (Å²) >= 11 is 3.20. The molecule has 2 atom stereocenters. The third-order valence-electron chi connectivity index (χ3n) is 7.74. The molecule has 0 aliphatic carbocycles. The van der Waals surface area contributed by atoms with Gasteiger partial charge in [0.15, 0.2) is 5.76 Å². The van der Waals surface area contributed by atoms with Gasteiger partial charge >= 0.3 is 0 Å². The zero-order valence-corrected chi connectivity index (χ0v) is 24.5. The molecule has 6 aromatic rings. The van der Waals surface area contributed by atoms with Crippen LogP contribution in [0.2, 0.25) is 0 Å². The number of H-pyrrole nitrogens is 1.